The van der Waals surface area contributed by atoms with Crippen molar-refractivity contribution in [3.63, 3.8) is 0 Å². The molecule has 16 heteroatoms. The van der Waals surface area contributed by atoms with Gasteiger partial charge < -0.3 is 40.5 Å². The molecule has 0 atom stereocenters. The van der Waals surface area contributed by atoms with E-state index in [1.54, 1.807) is 6.33 Å². The molecule has 16 nitrogen and oxygen atoms in total. The van der Waals surface area contributed by atoms with Crippen molar-refractivity contribution in [2.75, 3.05) is 74.3 Å². The highest BCUT2D eigenvalue weighted by Gasteiger charge is 2.39. The molecule has 0 bridgehead atoms. The molecule has 4 aromatic rings. The van der Waals surface area contributed by atoms with Crippen LogP contribution >= 0.6 is 0 Å². The average Bonchev–Trinajstić information content (AvgIpc) is 4.12. The van der Waals surface area contributed by atoms with E-state index in [2.05, 4.69) is 159 Å². The monoisotopic (exact) mass is 1020 g/mol. The number of pyridine rings is 2. The van der Waals surface area contributed by atoms with Crippen LogP contribution in [0.2, 0.25) is 0 Å². The number of rotatable bonds is 11. The zero-order valence-corrected chi connectivity index (χ0v) is 47.7. The van der Waals surface area contributed by atoms with E-state index in [0.29, 0.717) is 35.9 Å². The maximum absolute atomic E-state index is 11.9. The van der Waals surface area contributed by atoms with E-state index in [4.69, 9.17) is 4.74 Å². The minimum atomic E-state index is -0.0751. The van der Waals surface area contributed by atoms with Gasteiger partial charge in [-0.2, -0.15) is 4.98 Å². The van der Waals surface area contributed by atoms with Gasteiger partial charge in [-0.1, -0.05) is 96.9 Å². The number of anilines is 4. The highest BCUT2D eigenvalue weighted by Crippen LogP contribution is 2.34. The van der Waals surface area contributed by atoms with E-state index in [-0.39, 0.29) is 39.6 Å². The molecule has 4 N–H and O–H groups in total. The fourth-order valence-electron chi connectivity index (χ4n) is 8.53. The summed E-state index contributed by atoms with van der Waals surface area (Å²) in [5.41, 5.74) is 6.14. The lowest BCUT2D eigenvalue weighted by atomic mass is 9.79. The number of carbonyl (C=O) groups excluding carboxylic acids is 2. The summed E-state index contributed by atoms with van der Waals surface area (Å²) in [6.45, 7) is 34.7. The fraction of sp³-hybridized carbons (Fsp3) is 0.655. The van der Waals surface area contributed by atoms with Crippen LogP contribution in [-0.4, -0.2) is 134 Å². The number of nitrogens with one attached hydrogen (secondary N) is 3. The van der Waals surface area contributed by atoms with Crippen LogP contribution in [0.25, 0.3) is 0 Å². The Kier molecular flexibility index (Phi) is 18.8. The molecule has 4 aromatic heterocycles. The molecule has 2 saturated carbocycles. The number of hydrogen-bond donors (Lipinski definition) is 4. The van der Waals surface area contributed by atoms with E-state index >= 15 is 0 Å². The Hall–Kier alpha value is -5.48. The fourth-order valence-corrected chi connectivity index (χ4v) is 8.53. The Morgan fingerprint density at radius 2 is 1.18 bits per heavy atom. The van der Waals surface area contributed by atoms with Crippen molar-refractivity contribution < 1.29 is 19.4 Å². The molecule has 2 aliphatic carbocycles. The highest BCUT2D eigenvalue weighted by molar-refractivity contribution is 5.82. The molecular weight excluding hydrogens is 929 g/mol. The van der Waals surface area contributed by atoms with Crippen molar-refractivity contribution in [2.24, 2.45) is 17.8 Å². The second-order valence-electron chi connectivity index (χ2n) is 25.8. The lowest BCUT2D eigenvalue weighted by Crippen LogP contribution is -2.58. The van der Waals surface area contributed by atoms with Gasteiger partial charge in [-0.05, 0) is 90.3 Å². The number of hydrogen-bond acceptors (Lipinski definition) is 14. The molecule has 3 aliphatic heterocycles. The second kappa shape index (κ2) is 24.0. The maximum atomic E-state index is 11.9. The Morgan fingerprint density at radius 3 is 1.61 bits per heavy atom. The quantitative estimate of drug-likeness (QED) is 0.112. The lowest BCUT2D eigenvalue weighted by molar-refractivity contribution is -0.138. The Balaban J connectivity index is 0.000000161. The van der Waals surface area contributed by atoms with Gasteiger partial charge in [0.15, 0.2) is 0 Å². The summed E-state index contributed by atoms with van der Waals surface area (Å²) in [7, 11) is 3.91. The van der Waals surface area contributed by atoms with Crippen LogP contribution in [0.15, 0.2) is 55.1 Å². The number of nitrogens with zero attached hydrogens (tertiary/aromatic N) is 9. The predicted octanol–water partition coefficient (Wildman–Crippen LogP) is 8.81. The van der Waals surface area contributed by atoms with Crippen LogP contribution < -0.4 is 20.9 Å². The molecule has 5 aliphatic rings. The lowest BCUT2D eigenvalue weighted by Gasteiger charge is -2.40. The number of aliphatic hydroxyl groups excluding tert-OH is 1. The number of aliphatic hydroxyl groups is 1. The van der Waals surface area contributed by atoms with Crippen LogP contribution in [0.3, 0.4) is 0 Å². The average molecular weight is 1020 g/mol. The maximum Gasteiger partial charge on any atom is 0.227 e. The first-order chi connectivity index (χ1) is 34.5. The molecule has 74 heavy (non-hydrogen) atoms. The molecule has 2 amide bonds. The molecule has 0 aromatic carbocycles. The summed E-state index contributed by atoms with van der Waals surface area (Å²) < 4.78 is 5.17. The molecule has 5 fully saturated rings. The molecule has 0 radical (unpaired) electrons. The first-order valence-corrected chi connectivity index (χ1v) is 27.0. The van der Waals surface area contributed by atoms with E-state index in [9.17, 15) is 14.7 Å². The molecule has 0 unspecified atom stereocenters. The van der Waals surface area contributed by atoms with Gasteiger partial charge in [0.2, 0.25) is 17.8 Å². The molecule has 9 rings (SSSR count). The number of carbonyl (C=O) groups is 2. The van der Waals surface area contributed by atoms with Crippen molar-refractivity contribution in [1.29, 1.82) is 0 Å². The molecule has 7 heterocycles. The van der Waals surface area contributed by atoms with Crippen molar-refractivity contribution in [3.8, 4) is 0 Å². The zero-order valence-electron chi connectivity index (χ0n) is 47.7. The summed E-state index contributed by atoms with van der Waals surface area (Å²) in [4.78, 5) is 55.9. The molecule has 0 spiro atoms. The largest absolute Gasteiger partial charge is 0.393 e. The van der Waals surface area contributed by atoms with Crippen molar-refractivity contribution >= 4 is 35.2 Å². The Labute approximate surface area is 443 Å². The minimum Gasteiger partial charge on any atom is -0.393 e. The van der Waals surface area contributed by atoms with Gasteiger partial charge in [0.05, 0.1) is 43.1 Å². The first kappa shape index (κ1) is 57.8. The van der Waals surface area contributed by atoms with Gasteiger partial charge in [-0.25, -0.2) is 24.9 Å². The summed E-state index contributed by atoms with van der Waals surface area (Å²) >= 11 is 0. The van der Waals surface area contributed by atoms with Crippen LogP contribution in [-0.2, 0) is 42.4 Å². The number of aromatic nitrogens is 6. The number of ether oxygens (including phenoxy) is 1. The number of amides is 2. The van der Waals surface area contributed by atoms with E-state index in [1.165, 1.54) is 11.1 Å². The van der Waals surface area contributed by atoms with Gasteiger partial charge in [-0.15, -0.1) is 0 Å². The number of likely N-dealkylation sites (tertiary alicyclic amines) is 2. The minimum absolute atomic E-state index is 0.0141. The normalized spacial score (nSPS) is 19.1. The van der Waals surface area contributed by atoms with E-state index in [0.717, 1.165) is 112 Å². The van der Waals surface area contributed by atoms with Gasteiger partial charge >= 0.3 is 0 Å². The van der Waals surface area contributed by atoms with Crippen LogP contribution in [0.5, 0.6) is 0 Å². The summed E-state index contributed by atoms with van der Waals surface area (Å²) in [5, 5.41) is 19.5. The smallest absolute Gasteiger partial charge is 0.227 e. The van der Waals surface area contributed by atoms with Crippen molar-refractivity contribution in [1.82, 2.24) is 39.7 Å². The van der Waals surface area contributed by atoms with Gasteiger partial charge in [0, 0.05) is 92.8 Å². The van der Waals surface area contributed by atoms with Crippen molar-refractivity contribution in [2.45, 2.75) is 175 Å². The van der Waals surface area contributed by atoms with E-state index in [1.807, 2.05) is 61.1 Å². The third kappa shape index (κ3) is 17.0. The highest BCUT2D eigenvalue weighted by atomic mass is 16.5. The topological polar surface area (TPSA) is 187 Å². The van der Waals surface area contributed by atoms with Gasteiger partial charge in [-0.3, -0.25) is 9.59 Å². The predicted molar refractivity (Wildman–Crippen MR) is 298 cm³/mol. The Bertz CT molecular complexity index is 2380. The standard InChI is InChI=1S/C16H23N3O.C16H25N3O.C13H22N4O.C13H20N2O/c1-16(2,3)12-6-7-17-14(8-12)18-13-9-19(10-13)15(20)11-4-5-11;1-11(2)15(20)19-9-13(10-19)18-14-8-12(6-7-17-14)16(3,4)5;1-13(2,3)10-6-11(14-9-7-18-8-9)16-12(15-10)17(4)5;1-13(2,3)12-7-10(14-8-15-12)4-9-5-11(16)6-9/h6-8,11,13H,4-5,9-10H2,1-3H3,(H,17,18);6-8,11,13H,9-10H2,1-5H3,(H,17,18);6,9H,7-8H2,1-5H3,(H,14,15,16);7-9,11,16H,4-6H2,1-3H3. The third-order valence-electron chi connectivity index (χ3n) is 13.8. The Morgan fingerprint density at radius 1 is 0.662 bits per heavy atom. The van der Waals surface area contributed by atoms with Gasteiger partial charge in [0.25, 0.3) is 0 Å². The zero-order chi connectivity index (χ0) is 54.3. The summed E-state index contributed by atoms with van der Waals surface area (Å²) in [5.74, 6) is 5.05. The van der Waals surface area contributed by atoms with Crippen LogP contribution in [0.4, 0.5) is 23.4 Å². The van der Waals surface area contributed by atoms with Crippen LogP contribution in [0, 0.1) is 17.8 Å². The molecule has 406 valence electrons. The first-order valence-electron chi connectivity index (χ1n) is 27.0. The molecule has 3 saturated heterocycles. The second-order valence-corrected chi connectivity index (χ2v) is 25.8. The third-order valence-corrected chi connectivity index (χ3v) is 13.8. The van der Waals surface area contributed by atoms with Crippen molar-refractivity contribution in [3.05, 3.63) is 83.3 Å². The SMILES string of the molecule is CC(C)(C)c1cc(CC2CC(O)C2)ncn1.CC(C)(C)c1ccnc(NC2CN(C(=O)C3CC3)C2)c1.CC(C)C(=O)N1CC(Nc2cc(C(C)(C)C)ccn2)C1.CN(C)c1nc(NC2COC2)cc(C(C)(C)C)n1. The summed E-state index contributed by atoms with van der Waals surface area (Å²) in [6, 6.07) is 13.5. The van der Waals surface area contributed by atoms with Crippen LogP contribution in [0.1, 0.15) is 151 Å². The van der Waals surface area contributed by atoms with E-state index < -0.39 is 0 Å². The summed E-state index contributed by atoms with van der Waals surface area (Å²) in [6.07, 6.45) is 10.3. The van der Waals surface area contributed by atoms with Gasteiger partial charge in [0.1, 0.15) is 23.8 Å². The molecular formula is C58H90N12O4.